The lowest BCUT2D eigenvalue weighted by atomic mass is 10.2. The zero-order valence-electron chi connectivity index (χ0n) is 9.20. The number of hydrogen-bond donors (Lipinski definition) is 1. The van der Waals surface area contributed by atoms with E-state index in [4.69, 9.17) is 4.42 Å². The number of rotatable bonds is 4. The lowest BCUT2D eigenvalue weighted by Gasteiger charge is -1.97. The van der Waals surface area contributed by atoms with E-state index < -0.39 is 0 Å². The van der Waals surface area contributed by atoms with Gasteiger partial charge in [0, 0.05) is 18.5 Å². The van der Waals surface area contributed by atoms with Gasteiger partial charge in [0.1, 0.15) is 5.82 Å². The molecule has 1 heterocycles. The summed E-state index contributed by atoms with van der Waals surface area (Å²) in [6.45, 7) is 0.773. The predicted molar refractivity (Wildman–Crippen MR) is 65.0 cm³/mol. The summed E-state index contributed by atoms with van der Waals surface area (Å²) in [5.74, 6) is 0.648. The molecule has 1 aromatic carbocycles. The molecule has 1 aromatic heterocycles. The Balaban J connectivity index is 2.21. The molecule has 4 nitrogen and oxygen atoms in total. The number of benzene rings is 1. The average Bonchev–Trinajstić information content (AvgIpc) is 2.79. The Bertz CT molecular complexity index is 515. The highest BCUT2D eigenvalue weighted by molar-refractivity contribution is 9.10. The van der Waals surface area contributed by atoms with E-state index in [-0.39, 0.29) is 5.82 Å². The first kappa shape index (κ1) is 12.2. The van der Waals surface area contributed by atoms with Crippen LogP contribution in [0.3, 0.4) is 0 Å². The maximum Gasteiger partial charge on any atom is 0.247 e. The van der Waals surface area contributed by atoms with E-state index >= 15 is 0 Å². The van der Waals surface area contributed by atoms with Gasteiger partial charge in [-0.3, -0.25) is 0 Å². The van der Waals surface area contributed by atoms with Crippen LogP contribution in [0, 0.1) is 5.82 Å². The fourth-order valence-corrected chi connectivity index (χ4v) is 1.71. The lowest BCUT2D eigenvalue weighted by molar-refractivity contribution is 0.500. The second-order valence-corrected chi connectivity index (χ2v) is 4.34. The van der Waals surface area contributed by atoms with Gasteiger partial charge in [-0.05, 0) is 41.2 Å². The summed E-state index contributed by atoms with van der Waals surface area (Å²) in [7, 11) is 1.86. The van der Waals surface area contributed by atoms with Gasteiger partial charge in [0.15, 0.2) is 0 Å². The first-order valence-corrected chi connectivity index (χ1v) is 5.92. The van der Waals surface area contributed by atoms with Crippen LogP contribution in [0.4, 0.5) is 4.39 Å². The molecule has 0 unspecified atom stereocenters. The standard InChI is InChI=1S/C11H11BrFN3O/c1-14-5-4-10-15-16-11(17-10)7-2-3-9(13)8(12)6-7/h2-3,6,14H,4-5H2,1H3. The summed E-state index contributed by atoms with van der Waals surface area (Å²) >= 11 is 3.12. The summed E-state index contributed by atoms with van der Waals surface area (Å²) in [4.78, 5) is 0. The minimum atomic E-state index is -0.316. The fourth-order valence-electron chi connectivity index (χ4n) is 1.33. The Morgan fingerprint density at radius 3 is 2.94 bits per heavy atom. The van der Waals surface area contributed by atoms with Crippen molar-refractivity contribution in [1.82, 2.24) is 15.5 Å². The van der Waals surface area contributed by atoms with E-state index in [0.717, 1.165) is 6.54 Å². The van der Waals surface area contributed by atoms with Gasteiger partial charge in [0.25, 0.3) is 0 Å². The third-order valence-electron chi connectivity index (χ3n) is 2.22. The zero-order valence-corrected chi connectivity index (χ0v) is 10.8. The van der Waals surface area contributed by atoms with Crippen molar-refractivity contribution in [3.63, 3.8) is 0 Å². The van der Waals surface area contributed by atoms with E-state index in [0.29, 0.717) is 28.2 Å². The van der Waals surface area contributed by atoms with E-state index in [1.54, 1.807) is 12.1 Å². The van der Waals surface area contributed by atoms with Gasteiger partial charge < -0.3 is 9.73 Å². The van der Waals surface area contributed by atoms with Crippen LogP contribution in [0.25, 0.3) is 11.5 Å². The molecule has 0 radical (unpaired) electrons. The van der Waals surface area contributed by atoms with Crippen LogP contribution in [0.5, 0.6) is 0 Å². The molecule has 6 heteroatoms. The first-order valence-electron chi connectivity index (χ1n) is 5.13. The second kappa shape index (κ2) is 5.37. The fraction of sp³-hybridized carbons (Fsp3) is 0.273. The smallest absolute Gasteiger partial charge is 0.247 e. The van der Waals surface area contributed by atoms with Gasteiger partial charge in [-0.15, -0.1) is 10.2 Å². The molecule has 17 heavy (non-hydrogen) atoms. The van der Waals surface area contributed by atoms with Crippen molar-refractivity contribution in [2.75, 3.05) is 13.6 Å². The van der Waals surface area contributed by atoms with Crippen LogP contribution in [0.15, 0.2) is 27.1 Å². The van der Waals surface area contributed by atoms with Crippen LogP contribution in [0.2, 0.25) is 0 Å². The highest BCUT2D eigenvalue weighted by Crippen LogP contribution is 2.24. The molecule has 2 aromatic rings. The number of halogens is 2. The topological polar surface area (TPSA) is 51.0 Å². The average molecular weight is 300 g/mol. The van der Waals surface area contributed by atoms with Crippen LogP contribution in [0.1, 0.15) is 5.89 Å². The van der Waals surface area contributed by atoms with Crippen molar-refractivity contribution in [2.45, 2.75) is 6.42 Å². The molecule has 90 valence electrons. The maximum atomic E-state index is 13.1. The molecule has 0 atom stereocenters. The predicted octanol–water partition coefficient (Wildman–Crippen LogP) is 2.40. The first-order chi connectivity index (χ1) is 8.20. The summed E-state index contributed by atoms with van der Waals surface area (Å²) in [6.07, 6.45) is 0.672. The third kappa shape index (κ3) is 2.89. The minimum Gasteiger partial charge on any atom is -0.421 e. The highest BCUT2D eigenvalue weighted by atomic mass is 79.9. The van der Waals surface area contributed by atoms with E-state index in [1.165, 1.54) is 6.07 Å². The SMILES string of the molecule is CNCCc1nnc(-c2ccc(F)c(Br)c2)o1. The molecule has 0 amide bonds. The van der Waals surface area contributed by atoms with Gasteiger partial charge >= 0.3 is 0 Å². The molecule has 0 saturated carbocycles. The van der Waals surface area contributed by atoms with Crippen LogP contribution in [-0.2, 0) is 6.42 Å². The third-order valence-corrected chi connectivity index (χ3v) is 2.83. The lowest BCUT2D eigenvalue weighted by Crippen LogP contribution is -2.10. The molecular weight excluding hydrogens is 289 g/mol. The number of nitrogens with one attached hydrogen (secondary N) is 1. The Morgan fingerprint density at radius 1 is 1.41 bits per heavy atom. The Labute approximate surface area is 106 Å². The van der Waals surface area contributed by atoms with Crippen molar-refractivity contribution >= 4 is 15.9 Å². The largest absolute Gasteiger partial charge is 0.421 e. The minimum absolute atomic E-state index is 0.316. The number of hydrogen-bond acceptors (Lipinski definition) is 4. The summed E-state index contributed by atoms with van der Waals surface area (Å²) in [5, 5.41) is 10.8. The Kier molecular flexibility index (Phi) is 3.86. The van der Waals surface area contributed by atoms with Gasteiger partial charge in [0.2, 0.25) is 11.8 Å². The van der Waals surface area contributed by atoms with Crippen LogP contribution in [-0.4, -0.2) is 23.8 Å². The van der Waals surface area contributed by atoms with Crippen LogP contribution < -0.4 is 5.32 Å². The molecule has 0 aliphatic carbocycles. The van der Waals surface area contributed by atoms with E-state index in [1.807, 2.05) is 7.05 Å². The summed E-state index contributed by atoms with van der Waals surface area (Å²) in [5.41, 5.74) is 0.696. The monoisotopic (exact) mass is 299 g/mol. The molecule has 2 rings (SSSR count). The zero-order chi connectivity index (χ0) is 12.3. The van der Waals surface area contributed by atoms with Crippen molar-refractivity contribution in [3.05, 3.63) is 34.4 Å². The summed E-state index contributed by atoms with van der Waals surface area (Å²) in [6, 6.07) is 4.58. The van der Waals surface area contributed by atoms with Gasteiger partial charge in [-0.2, -0.15) is 0 Å². The van der Waals surface area contributed by atoms with E-state index in [2.05, 4.69) is 31.4 Å². The molecule has 1 N–H and O–H groups in total. The van der Waals surface area contributed by atoms with Crippen molar-refractivity contribution in [2.24, 2.45) is 0 Å². The van der Waals surface area contributed by atoms with Gasteiger partial charge in [-0.25, -0.2) is 4.39 Å². The number of aromatic nitrogens is 2. The van der Waals surface area contributed by atoms with Crippen molar-refractivity contribution < 1.29 is 8.81 Å². The molecule has 0 bridgehead atoms. The Hall–Kier alpha value is -1.27. The number of nitrogens with zero attached hydrogens (tertiary/aromatic N) is 2. The van der Waals surface area contributed by atoms with Gasteiger partial charge in [0.05, 0.1) is 4.47 Å². The molecular formula is C11H11BrFN3O. The highest BCUT2D eigenvalue weighted by Gasteiger charge is 2.10. The van der Waals surface area contributed by atoms with Gasteiger partial charge in [-0.1, -0.05) is 0 Å². The normalized spacial score (nSPS) is 10.8. The van der Waals surface area contributed by atoms with Crippen LogP contribution >= 0.6 is 15.9 Å². The molecule has 0 spiro atoms. The quantitative estimate of drug-likeness (QED) is 0.942. The molecule has 0 fully saturated rings. The molecule has 0 aliphatic rings. The number of likely N-dealkylation sites (N-methyl/N-ethyl adjacent to an activating group) is 1. The summed E-state index contributed by atoms with van der Waals surface area (Å²) < 4.78 is 18.9. The maximum absolute atomic E-state index is 13.1. The molecule has 0 saturated heterocycles. The van der Waals surface area contributed by atoms with E-state index in [9.17, 15) is 4.39 Å². The van der Waals surface area contributed by atoms with Crippen molar-refractivity contribution in [3.8, 4) is 11.5 Å². The Morgan fingerprint density at radius 2 is 2.24 bits per heavy atom. The van der Waals surface area contributed by atoms with Crippen molar-refractivity contribution in [1.29, 1.82) is 0 Å². The molecule has 0 aliphatic heterocycles. The second-order valence-electron chi connectivity index (χ2n) is 3.48.